The number of carbonyl (C=O) groups excluding carboxylic acids is 4. The molecule has 3 heterocycles. The molecule has 2 aromatic carbocycles. The van der Waals surface area contributed by atoms with Gasteiger partial charge in [-0.25, -0.2) is 14.0 Å². The van der Waals surface area contributed by atoms with Gasteiger partial charge in [0.15, 0.2) is 11.4 Å². The molecule has 39 heavy (non-hydrogen) atoms. The molecule has 1 saturated heterocycles. The van der Waals surface area contributed by atoms with Gasteiger partial charge in [0.25, 0.3) is 11.8 Å². The fourth-order valence-corrected chi connectivity index (χ4v) is 5.00. The van der Waals surface area contributed by atoms with Crippen LogP contribution in [-0.2, 0) is 25.6 Å². The third kappa shape index (κ3) is 5.18. The van der Waals surface area contributed by atoms with Crippen LogP contribution in [0.1, 0.15) is 40.6 Å². The predicted octanol–water partition coefficient (Wildman–Crippen LogP) is 4.54. The summed E-state index contributed by atoms with van der Waals surface area (Å²) in [6.07, 6.45) is 0.441. The number of fused-ring (bicyclic) bond motifs is 1. The maximum absolute atomic E-state index is 14.7. The highest BCUT2D eigenvalue weighted by molar-refractivity contribution is 7.15. The molecule has 0 aliphatic carbocycles. The first-order chi connectivity index (χ1) is 18.6. The van der Waals surface area contributed by atoms with Crippen LogP contribution in [0.25, 0.3) is 21.4 Å². The minimum atomic E-state index is -1.29. The Hall–Kier alpha value is -4.71. The first kappa shape index (κ1) is 25.9. The van der Waals surface area contributed by atoms with Crippen LogP contribution in [0.2, 0.25) is 0 Å². The summed E-state index contributed by atoms with van der Waals surface area (Å²) in [6.45, 7) is 0.987. The minimum absolute atomic E-state index is 0.000220. The number of imide groups is 1. The molecule has 0 atom stereocenters. The second-order valence-corrected chi connectivity index (χ2v) is 9.73. The highest BCUT2D eigenvalue weighted by Gasteiger charge is 2.33. The quantitative estimate of drug-likeness (QED) is 0.148. The maximum Gasteiger partial charge on any atom is 0.363 e. The zero-order chi connectivity index (χ0) is 27.8. The van der Waals surface area contributed by atoms with E-state index < -0.39 is 52.3 Å². The van der Waals surface area contributed by atoms with Gasteiger partial charge in [-0.2, -0.15) is 4.39 Å². The van der Waals surface area contributed by atoms with Crippen LogP contribution in [0, 0.1) is 11.6 Å². The summed E-state index contributed by atoms with van der Waals surface area (Å²) in [4.78, 5) is 65.5. The molecule has 9 nitrogen and oxygen atoms in total. The van der Waals surface area contributed by atoms with E-state index in [2.05, 4.69) is 4.74 Å². The molecular formula is C27H17F2NO8S. The Kier molecular flexibility index (Phi) is 6.79. The molecule has 0 radical (unpaired) electrons. The van der Waals surface area contributed by atoms with Crippen LogP contribution in [0.15, 0.2) is 57.7 Å². The Bertz CT molecular complexity index is 1710. The highest BCUT2D eigenvalue weighted by atomic mass is 32.1. The van der Waals surface area contributed by atoms with Crippen LogP contribution in [0.4, 0.5) is 8.78 Å². The lowest BCUT2D eigenvalue weighted by molar-refractivity contribution is -0.172. The van der Waals surface area contributed by atoms with E-state index in [4.69, 9.17) is 9.25 Å². The van der Waals surface area contributed by atoms with Crippen molar-refractivity contribution in [1.82, 2.24) is 5.06 Å². The molecule has 0 bridgehead atoms. The van der Waals surface area contributed by atoms with E-state index in [-0.39, 0.29) is 29.4 Å². The van der Waals surface area contributed by atoms with Crippen molar-refractivity contribution in [1.29, 1.82) is 0 Å². The molecular weight excluding hydrogens is 536 g/mol. The van der Waals surface area contributed by atoms with Crippen LogP contribution in [0.5, 0.6) is 5.75 Å². The molecule has 198 valence electrons. The van der Waals surface area contributed by atoms with Gasteiger partial charge in [-0.05, 0) is 42.0 Å². The molecule has 1 aliphatic rings. The number of benzene rings is 2. The van der Waals surface area contributed by atoms with Gasteiger partial charge in [0.05, 0.1) is 11.1 Å². The van der Waals surface area contributed by atoms with Crippen molar-refractivity contribution in [2.24, 2.45) is 0 Å². The SMILES string of the molecule is CC(=O)Oc1c(F)cc2cc(-c3ccc(Cc4ccc(C(=O)ON5C(=O)CCC5=O)cc4)s3)c(=O)oc2c1F. The van der Waals surface area contributed by atoms with Crippen molar-refractivity contribution in [3.05, 3.63) is 86.6 Å². The largest absolute Gasteiger partial charge is 0.420 e. The lowest BCUT2D eigenvalue weighted by Gasteiger charge is -2.12. The number of esters is 1. The number of hydroxylamine groups is 2. The number of ether oxygens (including phenoxy) is 1. The molecule has 12 heteroatoms. The van der Waals surface area contributed by atoms with Crippen LogP contribution < -0.4 is 10.4 Å². The standard InChI is InChI=1S/C27H17F2NO8S/c1-13(31)36-25-19(28)12-16-11-18(27(35)37-24(16)23(25)29)20-7-6-17(39-20)10-14-2-4-15(5-3-14)26(34)38-30-21(32)8-9-22(30)33/h2-7,11-12H,8-10H2,1H3. The molecule has 0 spiro atoms. The van der Waals surface area contributed by atoms with E-state index in [1.807, 2.05) is 0 Å². The number of hydrogen-bond donors (Lipinski definition) is 0. The van der Waals surface area contributed by atoms with Gasteiger partial charge >= 0.3 is 17.6 Å². The van der Waals surface area contributed by atoms with Gasteiger partial charge < -0.3 is 14.0 Å². The third-order valence-electron chi connectivity index (χ3n) is 5.80. The summed E-state index contributed by atoms with van der Waals surface area (Å²) in [5, 5.41) is 0.458. The number of rotatable bonds is 6. The van der Waals surface area contributed by atoms with Crippen LogP contribution >= 0.6 is 11.3 Å². The predicted molar refractivity (Wildman–Crippen MR) is 133 cm³/mol. The number of halogens is 2. The van der Waals surface area contributed by atoms with Gasteiger partial charge in [0.1, 0.15) is 0 Å². The van der Waals surface area contributed by atoms with E-state index in [1.165, 1.54) is 29.5 Å². The lowest BCUT2D eigenvalue weighted by atomic mass is 10.1. The molecule has 5 rings (SSSR count). The van der Waals surface area contributed by atoms with Crippen molar-refractivity contribution in [3.63, 3.8) is 0 Å². The molecule has 0 saturated carbocycles. The zero-order valence-corrected chi connectivity index (χ0v) is 20.9. The average Bonchev–Trinajstić information content (AvgIpc) is 3.48. The second kappa shape index (κ2) is 10.2. The van der Waals surface area contributed by atoms with Gasteiger partial charge in [-0.15, -0.1) is 16.4 Å². The van der Waals surface area contributed by atoms with E-state index in [1.54, 1.807) is 24.3 Å². The maximum atomic E-state index is 14.7. The number of carbonyl (C=O) groups is 4. The fraction of sp³-hybridized carbons (Fsp3) is 0.148. The number of thiophene rings is 1. The summed E-state index contributed by atoms with van der Waals surface area (Å²) in [7, 11) is 0. The van der Waals surface area contributed by atoms with Crippen molar-refractivity contribution >= 4 is 46.1 Å². The van der Waals surface area contributed by atoms with Crippen molar-refractivity contribution in [2.75, 3.05) is 0 Å². The Labute approximate surface area is 222 Å². The molecule has 2 amide bonds. The first-order valence-electron chi connectivity index (χ1n) is 11.5. The minimum Gasteiger partial charge on any atom is -0.420 e. The summed E-state index contributed by atoms with van der Waals surface area (Å²) >= 11 is 1.27. The topological polar surface area (TPSA) is 120 Å². The van der Waals surface area contributed by atoms with Crippen molar-refractivity contribution in [3.8, 4) is 16.2 Å². The highest BCUT2D eigenvalue weighted by Crippen LogP contribution is 2.33. The molecule has 2 aromatic heterocycles. The van der Waals surface area contributed by atoms with E-state index >= 15 is 0 Å². The Morgan fingerprint density at radius 3 is 2.36 bits per heavy atom. The third-order valence-corrected chi connectivity index (χ3v) is 6.91. The van der Waals surface area contributed by atoms with Gasteiger partial charge in [0.2, 0.25) is 11.6 Å². The summed E-state index contributed by atoms with van der Waals surface area (Å²) in [5.41, 5.74) is -0.311. The summed E-state index contributed by atoms with van der Waals surface area (Å²) < 4.78 is 38.7. The average molecular weight is 553 g/mol. The van der Waals surface area contributed by atoms with Crippen molar-refractivity contribution in [2.45, 2.75) is 26.2 Å². The summed E-state index contributed by atoms with van der Waals surface area (Å²) in [6, 6.07) is 12.0. The monoisotopic (exact) mass is 553 g/mol. The Morgan fingerprint density at radius 2 is 1.69 bits per heavy atom. The van der Waals surface area contributed by atoms with E-state index in [0.29, 0.717) is 16.4 Å². The number of hydrogen-bond acceptors (Lipinski definition) is 9. The Morgan fingerprint density at radius 1 is 1.00 bits per heavy atom. The zero-order valence-electron chi connectivity index (χ0n) is 20.1. The molecule has 0 N–H and O–H groups in total. The normalized spacial score (nSPS) is 13.3. The van der Waals surface area contributed by atoms with Crippen LogP contribution in [0.3, 0.4) is 0 Å². The lowest BCUT2D eigenvalue weighted by Crippen LogP contribution is -2.32. The summed E-state index contributed by atoms with van der Waals surface area (Å²) in [5.74, 6) is -6.25. The molecule has 1 aliphatic heterocycles. The van der Waals surface area contributed by atoms with Crippen LogP contribution in [-0.4, -0.2) is 28.8 Å². The fourth-order valence-electron chi connectivity index (χ4n) is 3.96. The van der Waals surface area contributed by atoms with E-state index in [0.717, 1.165) is 23.4 Å². The molecule has 0 unspecified atom stereocenters. The van der Waals surface area contributed by atoms with Gasteiger partial charge in [0, 0.05) is 41.3 Å². The van der Waals surface area contributed by atoms with Gasteiger partial charge in [-0.3, -0.25) is 14.4 Å². The number of amides is 2. The first-order valence-corrected chi connectivity index (χ1v) is 12.3. The smallest absolute Gasteiger partial charge is 0.363 e. The molecule has 4 aromatic rings. The van der Waals surface area contributed by atoms with E-state index in [9.17, 15) is 32.8 Å². The van der Waals surface area contributed by atoms with Crippen molar-refractivity contribution < 1.29 is 42.0 Å². The Balaban J connectivity index is 1.33. The van der Waals surface area contributed by atoms with Gasteiger partial charge in [-0.1, -0.05) is 12.1 Å². The number of nitrogens with zero attached hydrogens (tertiary/aromatic N) is 1. The molecule has 1 fully saturated rings. The second-order valence-electron chi connectivity index (χ2n) is 8.56.